The monoisotopic (exact) mass is 202 g/mol. The molecule has 0 aliphatic carbocycles. The van der Waals surface area contributed by atoms with Crippen molar-refractivity contribution in [3.8, 4) is 5.69 Å². The van der Waals surface area contributed by atoms with Gasteiger partial charge < -0.3 is 5.32 Å². The molecule has 0 fully saturated rings. The van der Waals surface area contributed by atoms with Crippen LogP contribution in [0.1, 0.15) is 11.4 Å². The molecule has 4 nitrogen and oxygen atoms in total. The van der Waals surface area contributed by atoms with Gasteiger partial charge in [0.15, 0.2) is 5.82 Å². The van der Waals surface area contributed by atoms with Crippen LogP contribution >= 0.6 is 0 Å². The molecule has 0 amide bonds. The zero-order valence-electron chi connectivity index (χ0n) is 8.94. The molecule has 0 aliphatic heterocycles. The van der Waals surface area contributed by atoms with Crippen LogP contribution in [-0.2, 0) is 6.54 Å². The topological polar surface area (TPSA) is 42.7 Å². The summed E-state index contributed by atoms with van der Waals surface area (Å²) in [4.78, 5) is 4.19. The number of hydrogen-bond donors (Lipinski definition) is 1. The third kappa shape index (κ3) is 2.22. The third-order valence-electron chi connectivity index (χ3n) is 2.17. The summed E-state index contributed by atoms with van der Waals surface area (Å²) < 4.78 is 1.78. The molecule has 0 saturated carbocycles. The summed E-state index contributed by atoms with van der Waals surface area (Å²) in [6.45, 7) is 2.76. The van der Waals surface area contributed by atoms with E-state index >= 15 is 0 Å². The minimum absolute atomic E-state index is 0.693. The molecule has 0 aliphatic rings. The molecule has 15 heavy (non-hydrogen) atoms. The maximum atomic E-state index is 4.34. The van der Waals surface area contributed by atoms with E-state index in [9.17, 15) is 0 Å². The highest BCUT2D eigenvalue weighted by Crippen LogP contribution is 2.07. The van der Waals surface area contributed by atoms with Crippen molar-refractivity contribution in [1.82, 2.24) is 20.1 Å². The van der Waals surface area contributed by atoms with Crippen LogP contribution in [0.3, 0.4) is 0 Å². The number of benzene rings is 1. The van der Waals surface area contributed by atoms with E-state index in [-0.39, 0.29) is 0 Å². The van der Waals surface area contributed by atoms with Crippen molar-refractivity contribution in [2.24, 2.45) is 0 Å². The van der Waals surface area contributed by atoms with Gasteiger partial charge in [-0.25, -0.2) is 9.67 Å². The lowest BCUT2D eigenvalue weighted by Crippen LogP contribution is -2.07. The van der Waals surface area contributed by atoms with E-state index in [0.717, 1.165) is 11.5 Å². The van der Waals surface area contributed by atoms with Crippen LogP contribution in [0.25, 0.3) is 5.69 Å². The van der Waals surface area contributed by atoms with E-state index < -0.39 is 0 Å². The highest BCUT2D eigenvalue weighted by molar-refractivity contribution is 5.32. The van der Waals surface area contributed by atoms with Crippen LogP contribution in [-0.4, -0.2) is 21.8 Å². The number of hydrogen-bond acceptors (Lipinski definition) is 3. The summed E-state index contributed by atoms with van der Waals surface area (Å²) in [6.07, 6.45) is 1.73. The van der Waals surface area contributed by atoms with E-state index in [4.69, 9.17) is 0 Å². The number of nitrogens with one attached hydrogen (secondary N) is 1. The Morgan fingerprint density at radius 3 is 2.67 bits per heavy atom. The Balaban J connectivity index is 2.25. The average Bonchev–Trinajstić information content (AvgIpc) is 2.68. The smallest absolute Gasteiger partial charge is 0.164 e. The zero-order valence-corrected chi connectivity index (χ0v) is 8.94. The van der Waals surface area contributed by atoms with Crippen molar-refractivity contribution in [1.29, 1.82) is 0 Å². The highest BCUT2D eigenvalue weighted by Gasteiger charge is 2.00. The molecule has 0 radical (unpaired) electrons. The van der Waals surface area contributed by atoms with Gasteiger partial charge in [0.2, 0.25) is 0 Å². The van der Waals surface area contributed by atoms with Crippen molar-refractivity contribution in [2.45, 2.75) is 13.5 Å². The number of rotatable bonds is 3. The normalized spacial score (nSPS) is 10.5. The Hall–Kier alpha value is -1.68. The molecule has 78 valence electrons. The van der Waals surface area contributed by atoms with Crippen molar-refractivity contribution in [3.63, 3.8) is 0 Å². The molecule has 1 heterocycles. The Morgan fingerprint density at radius 1 is 1.27 bits per heavy atom. The van der Waals surface area contributed by atoms with Gasteiger partial charge in [0.05, 0.1) is 12.2 Å². The van der Waals surface area contributed by atoms with Gasteiger partial charge in [0.1, 0.15) is 6.33 Å². The lowest BCUT2D eigenvalue weighted by molar-refractivity contribution is 0.744. The zero-order chi connectivity index (χ0) is 10.7. The first-order valence-corrected chi connectivity index (χ1v) is 4.92. The maximum Gasteiger partial charge on any atom is 0.164 e. The quantitative estimate of drug-likeness (QED) is 0.815. The minimum atomic E-state index is 0.693. The standard InChI is InChI=1S/C11H14N4/c1-9-3-5-10(6-4-9)15-8-13-11(14-15)7-12-2/h3-6,8,12H,7H2,1-2H3. The fourth-order valence-corrected chi connectivity index (χ4v) is 1.36. The van der Waals surface area contributed by atoms with Crippen molar-refractivity contribution in [2.75, 3.05) is 7.05 Å². The lowest BCUT2D eigenvalue weighted by atomic mass is 10.2. The molecule has 0 atom stereocenters. The van der Waals surface area contributed by atoms with Crippen molar-refractivity contribution >= 4 is 0 Å². The summed E-state index contributed by atoms with van der Waals surface area (Å²) in [5.41, 5.74) is 2.28. The molecule has 4 heteroatoms. The van der Waals surface area contributed by atoms with Gasteiger partial charge in [-0.3, -0.25) is 0 Å². The van der Waals surface area contributed by atoms with Crippen molar-refractivity contribution < 1.29 is 0 Å². The second kappa shape index (κ2) is 4.23. The molecule has 1 aromatic heterocycles. The van der Waals surface area contributed by atoms with Crippen LogP contribution in [0.4, 0.5) is 0 Å². The largest absolute Gasteiger partial charge is 0.313 e. The Bertz CT molecular complexity index is 430. The van der Waals surface area contributed by atoms with Crippen LogP contribution in [0, 0.1) is 6.92 Å². The fourth-order valence-electron chi connectivity index (χ4n) is 1.36. The molecule has 1 aromatic carbocycles. The minimum Gasteiger partial charge on any atom is -0.313 e. The Labute approximate surface area is 89.0 Å². The molecule has 0 spiro atoms. The van der Waals surface area contributed by atoms with Gasteiger partial charge in [-0.15, -0.1) is 5.10 Å². The molecule has 1 N–H and O–H groups in total. The van der Waals surface area contributed by atoms with E-state index in [2.05, 4.69) is 34.5 Å². The predicted octanol–water partition coefficient (Wildman–Crippen LogP) is 1.30. The van der Waals surface area contributed by atoms with E-state index in [1.165, 1.54) is 5.56 Å². The molecule has 0 unspecified atom stereocenters. The SMILES string of the molecule is CNCc1ncn(-c2ccc(C)cc2)n1. The van der Waals surface area contributed by atoms with Crippen LogP contribution < -0.4 is 5.32 Å². The summed E-state index contributed by atoms with van der Waals surface area (Å²) in [5, 5.41) is 7.36. The number of aromatic nitrogens is 3. The van der Waals surface area contributed by atoms with Gasteiger partial charge >= 0.3 is 0 Å². The Morgan fingerprint density at radius 2 is 2.00 bits per heavy atom. The summed E-state index contributed by atoms with van der Waals surface area (Å²) in [7, 11) is 1.88. The molecule has 0 saturated heterocycles. The summed E-state index contributed by atoms with van der Waals surface area (Å²) >= 11 is 0. The second-order valence-electron chi connectivity index (χ2n) is 3.47. The van der Waals surface area contributed by atoms with Crippen molar-refractivity contribution in [3.05, 3.63) is 42.0 Å². The van der Waals surface area contributed by atoms with Gasteiger partial charge in [0, 0.05) is 0 Å². The average molecular weight is 202 g/mol. The Kier molecular flexibility index (Phi) is 2.78. The van der Waals surface area contributed by atoms with Gasteiger partial charge in [0.25, 0.3) is 0 Å². The first-order chi connectivity index (χ1) is 7.29. The van der Waals surface area contributed by atoms with Crippen LogP contribution in [0.2, 0.25) is 0 Å². The molecular weight excluding hydrogens is 188 g/mol. The van der Waals surface area contributed by atoms with Gasteiger partial charge in [-0.2, -0.15) is 0 Å². The maximum absolute atomic E-state index is 4.34. The highest BCUT2D eigenvalue weighted by atomic mass is 15.3. The molecule has 2 aromatic rings. The van der Waals surface area contributed by atoms with E-state index in [1.54, 1.807) is 11.0 Å². The van der Waals surface area contributed by atoms with E-state index in [0.29, 0.717) is 6.54 Å². The first-order valence-electron chi connectivity index (χ1n) is 4.92. The third-order valence-corrected chi connectivity index (χ3v) is 2.17. The lowest BCUT2D eigenvalue weighted by Gasteiger charge is -1.99. The molecule has 0 bridgehead atoms. The van der Waals surface area contributed by atoms with Gasteiger partial charge in [-0.05, 0) is 26.1 Å². The second-order valence-corrected chi connectivity index (χ2v) is 3.47. The fraction of sp³-hybridized carbons (Fsp3) is 0.273. The number of aryl methyl sites for hydroxylation is 1. The summed E-state index contributed by atoms with van der Waals surface area (Å²) in [5.74, 6) is 0.804. The van der Waals surface area contributed by atoms with Gasteiger partial charge in [-0.1, -0.05) is 17.7 Å². The van der Waals surface area contributed by atoms with Crippen LogP contribution in [0.15, 0.2) is 30.6 Å². The van der Waals surface area contributed by atoms with Crippen LogP contribution in [0.5, 0.6) is 0 Å². The molecule has 2 rings (SSSR count). The first kappa shape index (κ1) is 9.86. The molecular formula is C11H14N4. The summed E-state index contributed by atoms with van der Waals surface area (Å²) in [6, 6.07) is 8.20. The number of nitrogens with zero attached hydrogens (tertiary/aromatic N) is 3. The predicted molar refractivity (Wildman–Crippen MR) is 58.9 cm³/mol. The van der Waals surface area contributed by atoms with E-state index in [1.807, 2.05) is 19.2 Å².